The van der Waals surface area contributed by atoms with Crippen LogP contribution in [0.25, 0.3) is 5.69 Å². The van der Waals surface area contributed by atoms with Gasteiger partial charge in [0.2, 0.25) is 0 Å². The van der Waals surface area contributed by atoms with Gasteiger partial charge in [-0.25, -0.2) is 0 Å². The zero-order valence-corrected chi connectivity index (χ0v) is 14.7. The van der Waals surface area contributed by atoms with Crippen LogP contribution in [-0.2, 0) is 11.3 Å². The third-order valence-electron chi connectivity index (χ3n) is 3.46. The number of rotatable bonds is 7. The average Bonchev–Trinajstić information content (AvgIpc) is 3.14. The van der Waals surface area contributed by atoms with E-state index in [1.165, 1.54) is 4.68 Å². The van der Waals surface area contributed by atoms with Crippen LogP contribution in [0.3, 0.4) is 0 Å². The van der Waals surface area contributed by atoms with Gasteiger partial charge in [0.25, 0.3) is 5.91 Å². The number of aromatic nitrogens is 4. The second-order valence-corrected chi connectivity index (χ2v) is 5.66. The maximum Gasteiger partial charge on any atom is 0.258 e. The average molecular weight is 374 g/mol. The molecule has 1 heterocycles. The highest BCUT2D eigenvalue weighted by Crippen LogP contribution is 2.18. The summed E-state index contributed by atoms with van der Waals surface area (Å²) in [5.74, 6) is 1.40. The number of nitrogens with one attached hydrogen (secondary N) is 1. The summed E-state index contributed by atoms with van der Waals surface area (Å²) in [6.45, 7) is 0.0333. The monoisotopic (exact) mass is 373 g/mol. The molecule has 26 heavy (non-hydrogen) atoms. The van der Waals surface area contributed by atoms with Crippen LogP contribution >= 0.6 is 11.6 Å². The van der Waals surface area contributed by atoms with E-state index >= 15 is 0 Å². The van der Waals surface area contributed by atoms with Crippen molar-refractivity contribution in [2.24, 2.45) is 0 Å². The largest absolute Gasteiger partial charge is 0.497 e. The van der Waals surface area contributed by atoms with Crippen molar-refractivity contribution in [3.63, 3.8) is 0 Å². The summed E-state index contributed by atoms with van der Waals surface area (Å²) in [5.41, 5.74) is 0.747. The molecule has 0 aliphatic rings. The maximum atomic E-state index is 12.0. The molecule has 0 radical (unpaired) electrons. The Hall–Kier alpha value is -3.13. The predicted octanol–water partition coefficient (Wildman–Crippen LogP) is 2.02. The molecular formula is C17H16ClN5O3. The Morgan fingerprint density at radius 1 is 1.19 bits per heavy atom. The number of hydrogen-bond acceptors (Lipinski definition) is 6. The van der Waals surface area contributed by atoms with E-state index < -0.39 is 0 Å². The fourth-order valence-corrected chi connectivity index (χ4v) is 2.29. The summed E-state index contributed by atoms with van der Waals surface area (Å²) in [7, 11) is 1.57. The first-order valence-corrected chi connectivity index (χ1v) is 8.10. The van der Waals surface area contributed by atoms with Crippen molar-refractivity contribution in [3.05, 3.63) is 59.4 Å². The van der Waals surface area contributed by atoms with Gasteiger partial charge in [0.05, 0.1) is 19.3 Å². The van der Waals surface area contributed by atoms with E-state index in [1.54, 1.807) is 55.6 Å². The Labute approximate surface area is 154 Å². The lowest BCUT2D eigenvalue weighted by Gasteiger charge is -2.09. The van der Waals surface area contributed by atoms with Crippen LogP contribution < -0.4 is 14.8 Å². The number of halogens is 1. The molecule has 0 aliphatic heterocycles. The molecule has 3 aromatic rings. The number of nitrogens with zero attached hydrogens (tertiary/aromatic N) is 4. The number of ether oxygens (including phenoxy) is 2. The summed E-state index contributed by atoms with van der Waals surface area (Å²) >= 11 is 5.88. The SMILES string of the molecule is COc1cccc(OCC(=O)NCc2nnnn2-c2ccc(Cl)cc2)c1. The molecule has 0 spiro atoms. The van der Waals surface area contributed by atoms with Crippen LogP contribution in [0.2, 0.25) is 5.02 Å². The standard InChI is InChI=1S/C17H16ClN5O3/c1-25-14-3-2-4-15(9-14)26-11-17(24)19-10-16-20-21-22-23(16)13-7-5-12(18)6-8-13/h2-9H,10-11H2,1H3,(H,19,24). The highest BCUT2D eigenvalue weighted by Gasteiger charge is 2.10. The van der Waals surface area contributed by atoms with E-state index in [2.05, 4.69) is 20.8 Å². The van der Waals surface area contributed by atoms with E-state index in [4.69, 9.17) is 21.1 Å². The lowest BCUT2D eigenvalue weighted by atomic mass is 10.3. The van der Waals surface area contributed by atoms with Crippen LogP contribution in [-0.4, -0.2) is 39.8 Å². The first-order valence-electron chi connectivity index (χ1n) is 7.72. The van der Waals surface area contributed by atoms with Gasteiger partial charge in [-0.15, -0.1) is 5.10 Å². The molecule has 0 atom stereocenters. The summed E-state index contributed by atoms with van der Waals surface area (Å²) < 4.78 is 12.1. The summed E-state index contributed by atoms with van der Waals surface area (Å²) in [4.78, 5) is 12.0. The van der Waals surface area contributed by atoms with Crippen LogP contribution in [0.5, 0.6) is 11.5 Å². The molecule has 0 fully saturated rings. The Morgan fingerprint density at radius 3 is 2.73 bits per heavy atom. The molecule has 8 nitrogen and oxygen atoms in total. The van der Waals surface area contributed by atoms with Gasteiger partial charge < -0.3 is 14.8 Å². The van der Waals surface area contributed by atoms with Crippen molar-refractivity contribution < 1.29 is 14.3 Å². The Morgan fingerprint density at radius 2 is 1.96 bits per heavy atom. The molecular weight excluding hydrogens is 358 g/mol. The zero-order chi connectivity index (χ0) is 18.4. The topological polar surface area (TPSA) is 91.2 Å². The lowest BCUT2D eigenvalue weighted by Crippen LogP contribution is -2.29. The molecule has 1 amide bonds. The van der Waals surface area contributed by atoms with Gasteiger partial charge in [-0.05, 0) is 46.8 Å². The smallest absolute Gasteiger partial charge is 0.258 e. The van der Waals surface area contributed by atoms with Gasteiger partial charge >= 0.3 is 0 Å². The van der Waals surface area contributed by atoms with Gasteiger partial charge in [-0.3, -0.25) is 4.79 Å². The van der Waals surface area contributed by atoms with Crippen LogP contribution in [0, 0.1) is 0 Å². The molecule has 9 heteroatoms. The molecule has 0 aliphatic carbocycles. The molecule has 0 bridgehead atoms. The van der Waals surface area contributed by atoms with Crippen molar-refractivity contribution in [1.29, 1.82) is 0 Å². The number of tetrazole rings is 1. The van der Waals surface area contributed by atoms with Gasteiger partial charge in [-0.2, -0.15) is 4.68 Å². The van der Waals surface area contributed by atoms with Crippen molar-refractivity contribution in [1.82, 2.24) is 25.5 Å². The van der Waals surface area contributed by atoms with Crippen LogP contribution in [0.4, 0.5) is 0 Å². The fourth-order valence-electron chi connectivity index (χ4n) is 2.17. The summed E-state index contributed by atoms with van der Waals surface area (Å²) in [6, 6.07) is 14.1. The fraction of sp³-hybridized carbons (Fsp3) is 0.176. The molecule has 0 unspecified atom stereocenters. The quantitative estimate of drug-likeness (QED) is 0.681. The molecule has 3 rings (SSSR count). The number of carbonyl (C=O) groups is 1. The molecule has 2 aromatic carbocycles. The highest BCUT2D eigenvalue weighted by molar-refractivity contribution is 6.30. The van der Waals surface area contributed by atoms with E-state index in [0.717, 1.165) is 5.69 Å². The van der Waals surface area contributed by atoms with Gasteiger partial charge in [0, 0.05) is 11.1 Å². The van der Waals surface area contributed by atoms with E-state index in [-0.39, 0.29) is 19.1 Å². The second kappa shape index (κ2) is 8.30. The van der Waals surface area contributed by atoms with Gasteiger partial charge in [0.15, 0.2) is 12.4 Å². The van der Waals surface area contributed by atoms with Crippen LogP contribution in [0.15, 0.2) is 48.5 Å². The molecule has 134 valence electrons. The van der Waals surface area contributed by atoms with Crippen molar-refractivity contribution in [2.75, 3.05) is 13.7 Å². The maximum absolute atomic E-state index is 12.0. The van der Waals surface area contributed by atoms with Gasteiger partial charge in [-0.1, -0.05) is 17.7 Å². The lowest BCUT2D eigenvalue weighted by molar-refractivity contribution is -0.123. The van der Waals surface area contributed by atoms with E-state index in [1.807, 2.05) is 0 Å². The minimum atomic E-state index is -0.293. The molecule has 0 saturated heterocycles. The minimum absolute atomic E-state index is 0.129. The first-order chi connectivity index (χ1) is 12.7. The second-order valence-electron chi connectivity index (χ2n) is 5.23. The third kappa shape index (κ3) is 4.48. The molecule has 1 aromatic heterocycles. The van der Waals surface area contributed by atoms with Crippen LogP contribution in [0.1, 0.15) is 5.82 Å². The summed E-state index contributed by atoms with van der Waals surface area (Å²) in [6.07, 6.45) is 0. The van der Waals surface area contributed by atoms with Gasteiger partial charge in [0.1, 0.15) is 11.5 Å². The van der Waals surface area contributed by atoms with Crippen molar-refractivity contribution in [2.45, 2.75) is 6.54 Å². The number of amides is 1. The number of hydrogen-bond donors (Lipinski definition) is 1. The zero-order valence-electron chi connectivity index (χ0n) is 13.9. The minimum Gasteiger partial charge on any atom is -0.497 e. The van der Waals surface area contributed by atoms with Crippen molar-refractivity contribution >= 4 is 17.5 Å². The Balaban J connectivity index is 1.55. The van der Waals surface area contributed by atoms with E-state index in [9.17, 15) is 4.79 Å². The Kier molecular flexibility index (Phi) is 5.65. The first kappa shape index (κ1) is 17.7. The normalized spacial score (nSPS) is 10.4. The third-order valence-corrected chi connectivity index (χ3v) is 3.71. The van der Waals surface area contributed by atoms with E-state index in [0.29, 0.717) is 22.3 Å². The predicted molar refractivity (Wildman–Crippen MR) is 94.5 cm³/mol. The Bertz CT molecular complexity index is 882. The molecule has 0 saturated carbocycles. The highest BCUT2D eigenvalue weighted by atomic mass is 35.5. The number of carbonyl (C=O) groups excluding carboxylic acids is 1. The molecule has 1 N–H and O–H groups in total. The van der Waals surface area contributed by atoms with Crippen molar-refractivity contribution in [3.8, 4) is 17.2 Å². The summed E-state index contributed by atoms with van der Waals surface area (Å²) in [5, 5.41) is 14.8. The number of methoxy groups -OCH3 is 1. The number of benzene rings is 2.